The van der Waals surface area contributed by atoms with Crippen molar-refractivity contribution in [1.29, 1.82) is 0 Å². The molecule has 1 heterocycles. The summed E-state index contributed by atoms with van der Waals surface area (Å²) >= 11 is 1.19. The molecule has 0 saturated heterocycles. The molecular weight excluding hydrogens is 298 g/mol. The van der Waals surface area contributed by atoms with Crippen molar-refractivity contribution in [3.05, 3.63) is 54.2 Å². The van der Waals surface area contributed by atoms with Gasteiger partial charge in [0.2, 0.25) is 0 Å². The molecule has 0 unspecified atom stereocenters. The van der Waals surface area contributed by atoms with Gasteiger partial charge in [0.05, 0.1) is 15.7 Å². The number of hydrogen-bond donors (Lipinski definition) is 0. The van der Waals surface area contributed by atoms with Crippen molar-refractivity contribution in [2.24, 2.45) is 0 Å². The molecule has 0 saturated carbocycles. The Hall–Kier alpha value is -1.70. The number of hydrogen-bond acceptors (Lipinski definition) is 6. The molecule has 2 rings (SSSR count). The van der Waals surface area contributed by atoms with Crippen molar-refractivity contribution in [1.82, 2.24) is 4.98 Å². The summed E-state index contributed by atoms with van der Waals surface area (Å²) in [6, 6.07) is 11.4. The van der Waals surface area contributed by atoms with Crippen LogP contribution in [0.4, 0.5) is 0 Å². The Morgan fingerprint density at radius 2 is 1.85 bits per heavy atom. The molecule has 0 amide bonds. The van der Waals surface area contributed by atoms with Gasteiger partial charge in [0.1, 0.15) is 10.1 Å². The van der Waals surface area contributed by atoms with E-state index in [1.165, 1.54) is 23.9 Å². The fraction of sp³-hybridized carbons (Fsp3) is 0.0769. The highest BCUT2D eigenvalue weighted by Crippen LogP contribution is 2.18. The van der Waals surface area contributed by atoms with Crippen LogP contribution in [-0.2, 0) is 10.1 Å². The molecule has 0 fully saturated rings. The number of thioether (sulfide) groups is 1. The second-order valence-electron chi connectivity index (χ2n) is 3.86. The number of pyridine rings is 1. The van der Waals surface area contributed by atoms with Crippen LogP contribution in [0.3, 0.4) is 0 Å². The van der Waals surface area contributed by atoms with E-state index in [1.807, 2.05) is 6.07 Å². The van der Waals surface area contributed by atoms with Gasteiger partial charge in [-0.15, -0.1) is 0 Å². The Kier molecular flexibility index (Phi) is 4.53. The summed E-state index contributed by atoms with van der Waals surface area (Å²) in [7, 11) is -4.48. The Bertz CT molecular complexity index is 697. The minimum atomic E-state index is -4.48. The molecule has 1 aromatic carbocycles. The Morgan fingerprint density at radius 1 is 1.15 bits per heavy atom. The molecule has 0 bridgehead atoms. The van der Waals surface area contributed by atoms with Gasteiger partial charge in [0.25, 0.3) is 0 Å². The standard InChI is InChI=1S/C13H11NO4S2/c15-12(10-4-2-1-3-5-10)9-19-13-7-6-11(8-14-13)20(16,17)18/h1-8H,9H2,(H,16,17,18)/p-1. The molecule has 0 aliphatic rings. The predicted molar refractivity (Wildman–Crippen MR) is 73.7 cm³/mol. The molecule has 0 aliphatic carbocycles. The van der Waals surface area contributed by atoms with Gasteiger partial charge >= 0.3 is 0 Å². The van der Waals surface area contributed by atoms with Gasteiger partial charge < -0.3 is 4.55 Å². The zero-order valence-electron chi connectivity index (χ0n) is 10.2. The molecule has 5 nitrogen and oxygen atoms in total. The maximum absolute atomic E-state index is 11.8. The summed E-state index contributed by atoms with van der Waals surface area (Å²) < 4.78 is 32.2. The van der Waals surface area contributed by atoms with Crippen molar-refractivity contribution in [2.75, 3.05) is 5.75 Å². The van der Waals surface area contributed by atoms with E-state index in [0.717, 1.165) is 6.20 Å². The first-order valence-corrected chi connectivity index (χ1v) is 7.99. The number of nitrogens with zero attached hydrogens (tertiary/aromatic N) is 1. The van der Waals surface area contributed by atoms with E-state index in [2.05, 4.69) is 4.98 Å². The number of Topliss-reactive ketones (excluding diaryl/α,β-unsaturated/α-hetero) is 1. The van der Waals surface area contributed by atoms with Crippen molar-refractivity contribution in [2.45, 2.75) is 9.92 Å². The molecule has 0 N–H and O–H groups in total. The summed E-state index contributed by atoms with van der Waals surface area (Å²) in [4.78, 5) is 15.3. The van der Waals surface area contributed by atoms with Crippen molar-refractivity contribution in [3.8, 4) is 0 Å². The Labute approximate surface area is 120 Å². The fourth-order valence-electron chi connectivity index (χ4n) is 1.45. The first-order chi connectivity index (χ1) is 9.47. The summed E-state index contributed by atoms with van der Waals surface area (Å²) in [5.41, 5.74) is 0.610. The van der Waals surface area contributed by atoms with E-state index < -0.39 is 10.1 Å². The van der Waals surface area contributed by atoms with Crippen LogP contribution in [0, 0.1) is 0 Å². The van der Waals surface area contributed by atoms with E-state index in [9.17, 15) is 17.8 Å². The molecule has 0 atom stereocenters. The van der Waals surface area contributed by atoms with E-state index >= 15 is 0 Å². The monoisotopic (exact) mass is 308 g/mol. The third-order valence-electron chi connectivity index (χ3n) is 2.44. The summed E-state index contributed by atoms with van der Waals surface area (Å²) in [5, 5.41) is 0.488. The molecule has 1 aromatic heterocycles. The SMILES string of the molecule is O=C(CSc1ccc(S(=O)(=O)[O-])cn1)c1ccccc1. The fourth-order valence-corrected chi connectivity index (χ4v) is 2.60. The molecule has 104 valence electrons. The highest BCUT2D eigenvalue weighted by molar-refractivity contribution is 7.99. The van der Waals surface area contributed by atoms with Gasteiger partial charge in [-0.3, -0.25) is 4.79 Å². The van der Waals surface area contributed by atoms with Gasteiger partial charge in [-0.1, -0.05) is 42.1 Å². The van der Waals surface area contributed by atoms with Gasteiger partial charge in [0, 0.05) is 11.8 Å². The van der Waals surface area contributed by atoms with Crippen LogP contribution in [0.1, 0.15) is 10.4 Å². The minimum Gasteiger partial charge on any atom is -0.744 e. The van der Waals surface area contributed by atoms with E-state index in [0.29, 0.717) is 10.6 Å². The molecule has 7 heteroatoms. The van der Waals surface area contributed by atoms with Crippen LogP contribution in [-0.4, -0.2) is 29.5 Å². The number of aromatic nitrogens is 1. The zero-order chi connectivity index (χ0) is 14.6. The number of benzene rings is 1. The topological polar surface area (TPSA) is 87.2 Å². The van der Waals surface area contributed by atoms with Crippen LogP contribution in [0.2, 0.25) is 0 Å². The van der Waals surface area contributed by atoms with E-state index in [-0.39, 0.29) is 16.4 Å². The normalized spacial score (nSPS) is 11.2. The Balaban J connectivity index is 2.00. The van der Waals surface area contributed by atoms with Crippen LogP contribution < -0.4 is 0 Å². The van der Waals surface area contributed by atoms with Crippen molar-refractivity contribution < 1.29 is 17.8 Å². The molecular formula is C13H10NO4S2-. The second-order valence-corrected chi connectivity index (χ2v) is 6.24. The molecule has 0 aliphatic heterocycles. The van der Waals surface area contributed by atoms with Crippen LogP contribution >= 0.6 is 11.8 Å². The third-order valence-corrected chi connectivity index (χ3v) is 4.21. The zero-order valence-corrected chi connectivity index (χ0v) is 11.9. The van der Waals surface area contributed by atoms with Gasteiger partial charge in [-0.05, 0) is 12.1 Å². The second kappa shape index (κ2) is 6.17. The molecule has 20 heavy (non-hydrogen) atoms. The minimum absolute atomic E-state index is 0.0436. The lowest BCUT2D eigenvalue weighted by Crippen LogP contribution is -2.03. The van der Waals surface area contributed by atoms with Crippen molar-refractivity contribution >= 4 is 27.7 Å². The highest BCUT2D eigenvalue weighted by atomic mass is 32.2. The summed E-state index contributed by atoms with van der Waals surface area (Å²) in [6.07, 6.45) is 0.998. The van der Waals surface area contributed by atoms with Gasteiger partial charge in [-0.2, -0.15) is 0 Å². The predicted octanol–water partition coefficient (Wildman–Crippen LogP) is 1.96. The maximum Gasteiger partial charge on any atom is 0.173 e. The average molecular weight is 308 g/mol. The largest absolute Gasteiger partial charge is 0.744 e. The molecule has 0 radical (unpaired) electrons. The van der Waals surface area contributed by atoms with Crippen molar-refractivity contribution in [3.63, 3.8) is 0 Å². The van der Waals surface area contributed by atoms with Crippen LogP contribution in [0.15, 0.2) is 58.6 Å². The lowest BCUT2D eigenvalue weighted by Gasteiger charge is -2.06. The number of rotatable bonds is 5. The number of carbonyl (C=O) groups is 1. The Morgan fingerprint density at radius 3 is 2.40 bits per heavy atom. The lowest BCUT2D eigenvalue weighted by molar-refractivity contribution is 0.102. The molecule has 0 spiro atoms. The first-order valence-electron chi connectivity index (χ1n) is 5.60. The first kappa shape index (κ1) is 14.7. The smallest absolute Gasteiger partial charge is 0.173 e. The number of carbonyl (C=O) groups excluding carboxylic acids is 1. The van der Waals surface area contributed by atoms with E-state index in [1.54, 1.807) is 24.3 Å². The van der Waals surface area contributed by atoms with Gasteiger partial charge in [-0.25, -0.2) is 13.4 Å². The highest BCUT2D eigenvalue weighted by Gasteiger charge is 2.07. The summed E-state index contributed by atoms with van der Waals surface area (Å²) in [5.74, 6) is 0.151. The lowest BCUT2D eigenvalue weighted by atomic mass is 10.2. The van der Waals surface area contributed by atoms with Crippen LogP contribution in [0.5, 0.6) is 0 Å². The third kappa shape index (κ3) is 3.89. The molecule has 2 aromatic rings. The van der Waals surface area contributed by atoms with Gasteiger partial charge in [0.15, 0.2) is 5.78 Å². The quantitative estimate of drug-likeness (QED) is 0.477. The van der Waals surface area contributed by atoms with Crippen LogP contribution in [0.25, 0.3) is 0 Å². The summed E-state index contributed by atoms with van der Waals surface area (Å²) in [6.45, 7) is 0. The van der Waals surface area contributed by atoms with E-state index in [4.69, 9.17) is 0 Å². The maximum atomic E-state index is 11.8. The average Bonchev–Trinajstić information content (AvgIpc) is 2.45. The number of ketones is 1.